The van der Waals surface area contributed by atoms with Crippen LogP contribution in [0.4, 0.5) is 0 Å². The third kappa shape index (κ3) is 1.94. The molecule has 0 aliphatic carbocycles. The fourth-order valence-electron chi connectivity index (χ4n) is 1.99. The molecular formula is C13H19N3O. The fraction of sp³-hybridized carbons (Fsp3) is 0.462. The van der Waals surface area contributed by atoms with Gasteiger partial charge in [-0.05, 0) is 31.5 Å². The summed E-state index contributed by atoms with van der Waals surface area (Å²) in [6.07, 6.45) is 0. The van der Waals surface area contributed by atoms with Crippen molar-refractivity contribution in [2.45, 2.75) is 26.0 Å². The van der Waals surface area contributed by atoms with Gasteiger partial charge in [0.2, 0.25) is 0 Å². The molecule has 92 valence electrons. The Morgan fingerprint density at radius 1 is 1.41 bits per heavy atom. The average molecular weight is 233 g/mol. The van der Waals surface area contributed by atoms with Crippen molar-refractivity contribution in [3.63, 3.8) is 0 Å². The summed E-state index contributed by atoms with van der Waals surface area (Å²) in [5.41, 5.74) is 8.44. The molecule has 2 rings (SSSR count). The number of benzene rings is 1. The van der Waals surface area contributed by atoms with Crippen molar-refractivity contribution >= 4 is 11.0 Å². The molecule has 0 bridgehead atoms. The van der Waals surface area contributed by atoms with Crippen LogP contribution in [0.3, 0.4) is 0 Å². The third-order valence-electron chi connectivity index (χ3n) is 3.23. The molecule has 4 nitrogen and oxygen atoms in total. The van der Waals surface area contributed by atoms with Crippen LogP contribution in [0.5, 0.6) is 0 Å². The molecular weight excluding hydrogens is 214 g/mol. The van der Waals surface area contributed by atoms with Crippen LogP contribution >= 0.6 is 0 Å². The van der Waals surface area contributed by atoms with Gasteiger partial charge in [-0.3, -0.25) is 0 Å². The van der Waals surface area contributed by atoms with Gasteiger partial charge in [0, 0.05) is 20.7 Å². The first-order valence-corrected chi connectivity index (χ1v) is 5.70. The van der Waals surface area contributed by atoms with Crippen LogP contribution in [-0.2, 0) is 23.9 Å². The summed E-state index contributed by atoms with van der Waals surface area (Å²) >= 11 is 0. The molecule has 0 aliphatic heterocycles. The minimum Gasteiger partial charge on any atom is -0.371 e. The molecule has 2 aromatic rings. The van der Waals surface area contributed by atoms with Crippen LogP contribution in [0, 0.1) is 0 Å². The number of fused-ring (bicyclic) bond motifs is 1. The SMILES string of the molecule is COC(C)(C)c1nc2ccc(CN)cc2n1C. The van der Waals surface area contributed by atoms with Gasteiger partial charge in [-0.25, -0.2) is 4.98 Å². The minimum atomic E-state index is -0.392. The summed E-state index contributed by atoms with van der Waals surface area (Å²) < 4.78 is 7.55. The van der Waals surface area contributed by atoms with E-state index in [-0.39, 0.29) is 0 Å². The van der Waals surface area contributed by atoms with Crippen molar-refractivity contribution in [1.29, 1.82) is 0 Å². The van der Waals surface area contributed by atoms with E-state index in [2.05, 4.69) is 15.6 Å². The second-order valence-electron chi connectivity index (χ2n) is 4.74. The minimum absolute atomic E-state index is 0.392. The first kappa shape index (κ1) is 12.1. The van der Waals surface area contributed by atoms with Crippen LogP contribution in [-0.4, -0.2) is 16.7 Å². The maximum absolute atomic E-state index is 5.66. The van der Waals surface area contributed by atoms with Gasteiger partial charge in [0.05, 0.1) is 11.0 Å². The van der Waals surface area contributed by atoms with Crippen molar-refractivity contribution in [2.24, 2.45) is 12.8 Å². The number of aromatic nitrogens is 2. The monoisotopic (exact) mass is 233 g/mol. The molecule has 0 amide bonds. The van der Waals surface area contributed by atoms with Gasteiger partial charge in [-0.2, -0.15) is 0 Å². The maximum atomic E-state index is 5.66. The standard InChI is InChI=1S/C13H19N3O/c1-13(2,17-4)12-15-10-6-5-9(8-14)7-11(10)16(12)3/h5-7H,8,14H2,1-4H3. The van der Waals surface area contributed by atoms with E-state index < -0.39 is 5.60 Å². The molecule has 0 atom stereocenters. The largest absolute Gasteiger partial charge is 0.371 e. The number of nitrogens with zero attached hydrogens (tertiary/aromatic N) is 2. The lowest BCUT2D eigenvalue weighted by molar-refractivity contribution is 0.00967. The number of methoxy groups -OCH3 is 1. The van der Waals surface area contributed by atoms with Gasteiger partial charge in [0.25, 0.3) is 0 Å². The zero-order valence-corrected chi connectivity index (χ0v) is 10.8. The second-order valence-corrected chi connectivity index (χ2v) is 4.74. The molecule has 0 fully saturated rings. The van der Waals surface area contributed by atoms with Crippen LogP contribution in [0.1, 0.15) is 25.2 Å². The lowest BCUT2D eigenvalue weighted by atomic mass is 10.1. The van der Waals surface area contributed by atoms with Gasteiger partial charge in [-0.1, -0.05) is 6.07 Å². The molecule has 0 unspecified atom stereocenters. The number of imidazole rings is 1. The summed E-state index contributed by atoms with van der Waals surface area (Å²) in [4.78, 5) is 4.63. The zero-order valence-electron chi connectivity index (χ0n) is 10.8. The van der Waals surface area contributed by atoms with Crippen LogP contribution in [0.25, 0.3) is 11.0 Å². The van der Waals surface area contributed by atoms with Crippen molar-refractivity contribution in [1.82, 2.24) is 9.55 Å². The summed E-state index contributed by atoms with van der Waals surface area (Å²) in [5, 5.41) is 0. The average Bonchev–Trinajstić information content (AvgIpc) is 2.67. The fourth-order valence-corrected chi connectivity index (χ4v) is 1.99. The quantitative estimate of drug-likeness (QED) is 0.881. The molecule has 0 saturated carbocycles. The number of aryl methyl sites for hydroxylation is 1. The Labute approximate surface area is 101 Å². The summed E-state index contributed by atoms with van der Waals surface area (Å²) in [6, 6.07) is 6.10. The Hall–Kier alpha value is -1.39. The van der Waals surface area contributed by atoms with E-state index in [9.17, 15) is 0 Å². The van der Waals surface area contributed by atoms with Crippen molar-refractivity contribution in [3.8, 4) is 0 Å². The normalized spacial score (nSPS) is 12.3. The number of hydrogen-bond acceptors (Lipinski definition) is 3. The topological polar surface area (TPSA) is 53.1 Å². The first-order valence-electron chi connectivity index (χ1n) is 5.70. The molecule has 0 aliphatic rings. The summed E-state index contributed by atoms with van der Waals surface area (Å²) in [6.45, 7) is 4.57. The molecule has 0 spiro atoms. The molecule has 1 aromatic heterocycles. The Morgan fingerprint density at radius 3 is 2.71 bits per heavy atom. The van der Waals surface area contributed by atoms with E-state index in [1.54, 1.807) is 7.11 Å². The first-order chi connectivity index (χ1) is 7.99. The van der Waals surface area contributed by atoms with E-state index in [4.69, 9.17) is 10.5 Å². The van der Waals surface area contributed by atoms with E-state index >= 15 is 0 Å². The Bertz CT molecular complexity index is 543. The molecule has 2 N–H and O–H groups in total. The number of hydrogen-bond donors (Lipinski definition) is 1. The van der Waals surface area contributed by atoms with Crippen molar-refractivity contribution < 1.29 is 4.74 Å². The second kappa shape index (κ2) is 4.13. The predicted molar refractivity (Wildman–Crippen MR) is 68.6 cm³/mol. The molecule has 0 radical (unpaired) electrons. The highest BCUT2D eigenvalue weighted by Gasteiger charge is 2.25. The molecule has 1 aromatic carbocycles. The van der Waals surface area contributed by atoms with E-state index in [0.717, 1.165) is 22.4 Å². The van der Waals surface area contributed by atoms with E-state index in [1.807, 2.05) is 33.0 Å². The van der Waals surface area contributed by atoms with E-state index in [0.29, 0.717) is 6.54 Å². The van der Waals surface area contributed by atoms with Gasteiger partial charge < -0.3 is 15.0 Å². The number of ether oxygens (including phenoxy) is 1. The van der Waals surface area contributed by atoms with E-state index in [1.165, 1.54) is 0 Å². The van der Waals surface area contributed by atoms with Crippen LogP contribution in [0.15, 0.2) is 18.2 Å². The van der Waals surface area contributed by atoms with Crippen molar-refractivity contribution in [2.75, 3.05) is 7.11 Å². The molecule has 0 saturated heterocycles. The lowest BCUT2D eigenvalue weighted by Crippen LogP contribution is -2.23. The smallest absolute Gasteiger partial charge is 0.141 e. The highest BCUT2D eigenvalue weighted by Crippen LogP contribution is 2.26. The highest BCUT2D eigenvalue weighted by atomic mass is 16.5. The Balaban J connectivity index is 2.65. The van der Waals surface area contributed by atoms with Crippen molar-refractivity contribution in [3.05, 3.63) is 29.6 Å². The Kier molecular flexibility index (Phi) is 2.93. The van der Waals surface area contributed by atoms with Crippen LogP contribution < -0.4 is 5.73 Å². The van der Waals surface area contributed by atoms with Gasteiger partial charge in [0.15, 0.2) is 0 Å². The van der Waals surface area contributed by atoms with Gasteiger partial charge in [0.1, 0.15) is 11.4 Å². The van der Waals surface area contributed by atoms with Gasteiger partial charge >= 0.3 is 0 Å². The summed E-state index contributed by atoms with van der Waals surface area (Å²) in [5.74, 6) is 0.921. The predicted octanol–water partition coefficient (Wildman–Crippen LogP) is 1.91. The maximum Gasteiger partial charge on any atom is 0.141 e. The number of rotatable bonds is 3. The van der Waals surface area contributed by atoms with Gasteiger partial charge in [-0.15, -0.1) is 0 Å². The van der Waals surface area contributed by atoms with Crippen LogP contribution in [0.2, 0.25) is 0 Å². The molecule has 1 heterocycles. The third-order valence-corrected chi connectivity index (χ3v) is 3.23. The summed E-state index contributed by atoms with van der Waals surface area (Å²) in [7, 11) is 3.70. The lowest BCUT2D eigenvalue weighted by Gasteiger charge is -2.22. The Morgan fingerprint density at radius 2 is 2.12 bits per heavy atom. The number of nitrogens with two attached hydrogens (primary N) is 1. The molecule has 17 heavy (non-hydrogen) atoms. The zero-order chi connectivity index (χ0) is 12.6. The highest BCUT2D eigenvalue weighted by molar-refractivity contribution is 5.77. The molecule has 4 heteroatoms.